The van der Waals surface area contributed by atoms with E-state index in [9.17, 15) is 4.79 Å². The lowest BCUT2D eigenvalue weighted by Crippen LogP contribution is -3.05. The van der Waals surface area contributed by atoms with Crippen LogP contribution in [0.25, 0.3) is 0 Å². The van der Waals surface area contributed by atoms with E-state index in [-0.39, 0.29) is 0 Å². The van der Waals surface area contributed by atoms with Gasteiger partial charge in [-0.2, -0.15) is 0 Å². The minimum atomic E-state index is 0.713. The first-order valence-corrected chi connectivity index (χ1v) is 30.9. The first-order valence-electron chi connectivity index (χ1n) is 30.9. The fraction of sp³-hybridized carbons (Fsp3) is 0.892. The summed E-state index contributed by atoms with van der Waals surface area (Å²) in [5.41, 5.74) is 2.98. The molecule has 1 saturated carbocycles. The van der Waals surface area contributed by atoms with E-state index >= 15 is 0 Å². The van der Waals surface area contributed by atoms with Gasteiger partial charge >= 0.3 is 0 Å². The molecule has 1 N–H and O–H groups in total. The summed E-state index contributed by atoms with van der Waals surface area (Å²) in [5.74, 6) is 2.02. The second-order valence-electron chi connectivity index (χ2n) is 21.2. The molecule has 2 unspecified atom stereocenters. The van der Waals surface area contributed by atoms with Crippen LogP contribution in [0.15, 0.2) is 37.0 Å². The van der Waals surface area contributed by atoms with Gasteiger partial charge in [0.25, 0.3) is 0 Å². The number of rotatable bonds is 46. The highest BCUT2D eigenvalue weighted by molar-refractivity contribution is 5.48. The molecular weight excluding hydrogens is 811 g/mol. The molecule has 0 heterocycles. The van der Waals surface area contributed by atoms with Crippen molar-refractivity contribution < 1.29 is 9.69 Å². The van der Waals surface area contributed by atoms with Crippen molar-refractivity contribution in [3.63, 3.8) is 0 Å². The smallest absolute Gasteiger partial charge is 0.120 e. The average molecular weight is 944 g/mol. The molecule has 1 aliphatic carbocycles. The van der Waals surface area contributed by atoms with Crippen molar-refractivity contribution in [1.29, 1.82) is 0 Å². The zero-order chi connectivity index (χ0) is 50.5. The number of unbranched alkanes of at least 4 members (excludes halogenated alkanes) is 33. The van der Waals surface area contributed by atoms with Crippen LogP contribution in [0.1, 0.15) is 344 Å². The fourth-order valence-corrected chi connectivity index (χ4v) is 9.38. The lowest BCUT2D eigenvalue weighted by Gasteiger charge is -2.13. The monoisotopic (exact) mass is 943 g/mol. The van der Waals surface area contributed by atoms with Gasteiger partial charge in [0.2, 0.25) is 0 Å². The lowest BCUT2D eigenvalue weighted by molar-refractivity contribution is -0.858. The zero-order valence-electron chi connectivity index (χ0n) is 48.6. The van der Waals surface area contributed by atoms with E-state index in [2.05, 4.69) is 68.5 Å². The van der Waals surface area contributed by atoms with Gasteiger partial charge in [0, 0.05) is 12.8 Å². The van der Waals surface area contributed by atoms with Gasteiger partial charge in [-0.25, -0.2) is 0 Å². The molecule has 1 fully saturated rings. The zero-order valence-corrected chi connectivity index (χ0v) is 48.6. The Labute approximate surface area is 427 Å². The number of carbonyl (C=O) groups excluding carboxylic acids is 1. The van der Waals surface area contributed by atoms with Crippen LogP contribution in [0, 0.1) is 11.8 Å². The molecule has 2 nitrogen and oxygen atoms in total. The number of carbonyl (C=O) groups is 1. The standard InChI is InChI=1S/C25H48.C17H34.C15H30.C6H13NO.C2H6/c1-4-6-8-9-10-11-12-13-14-15-16-17-23(3)21-25-20-19-24(22-25)18-7-5-2;1-4-6-7-8-9-10-11-12-13-14-15-16-17(3)5-2;1-3-5-7-9-11-13-15-14-12-10-8-6-4-2;1-7(2)5-3-4-6-8;1-2/h24-25H,3-22H2,1-2H3;3-16H2,1-2H3;3H,1,4-15H2,2H3;6H,3-5H2,1-2H3;1-2H3/p+1. The highest BCUT2D eigenvalue weighted by atomic mass is 16.1. The summed E-state index contributed by atoms with van der Waals surface area (Å²) in [4.78, 5) is 11.2. The topological polar surface area (TPSA) is 21.5 Å². The molecule has 0 spiro atoms. The van der Waals surface area contributed by atoms with E-state index in [4.69, 9.17) is 0 Å². The van der Waals surface area contributed by atoms with Crippen molar-refractivity contribution in [2.45, 2.75) is 344 Å². The Morgan fingerprint density at radius 3 is 1.13 bits per heavy atom. The van der Waals surface area contributed by atoms with Gasteiger partial charge < -0.3 is 9.69 Å². The van der Waals surface area contributed by atoms with E-state index in [1.807, 2.05) is 19.9 Å². The molecule has 0 amide bonds. The number of nitrogens with one attached hydrogen (secondary N) is 1. The van der Waals surface area contributed by atoms with Crippen molar-refractivity contribution in [1.82, 2.24) is 0 Å². The first kappa shape index (κ1) is 72.4. The molecular formula is C65H132NO+. The predicted molar refractivity (Wildman–Crippen MR) is 311 cm³/mol. The maximum atomic E-state index is 9.78. The normalized spacial score (nSPS) is 13.9. The fourth-order valence-electron chi connectivity index (χ4n) is 9.38. The van der Waals surface area contributed by atoms with Crippen molar-refractivity contribution in [2.75, 3.05) is 20.6 Å². The Morgan fingerprint density at radius 2 is 0.791 bits per heavy atom. The van der Waals surface area contributed by atoms with Crippen molar-refractivity contribution >= 4 is 6.29 Å². The minimum Gasteiger partial charge on any atom is -0.340 e. The summed E-state index contributed by atoms with van der Waals surface area (Å²) >= 11 is 0. The van der Waals surface area contributed by atoms with Gasteiger partial charge in [0.1, 0.15) is 6.29 Å². The molecule has 0 aromatic rings. The van der Waals surface area contributed by atoms with E-state index in [0.717, 1.165) is 37.5 Å². The lowest BCUT2D eigenvalue weighted by atomic mass is 9.93. The van der Waals surface area contributed by atoms with Crippen molar-refractivity contribution in [2.24, 2.45) is 11.8 Å². The molecule has 0 saturated heterocycles. The van der Waals surface area contributed by atoms with Crippen LogP contribution in [0.4, 0.5) is 0 Å². The minimum absolute atomic E-state index is 0.713. The highest BCUT2D eigenvalue weighted by Crippen LogP contribution is 2.38. The number of allylic oxidation sites excluding steroid dienone is 3. The number of aldehydes is 1. The molecule has 2 heteroatoms. The number of quaternary nitrogens is 1. The molecule has 0 aliphatic heterocycles. The maximum Gasteiger partial charge on any atom is 0.120 e. The Bertz CT molecular complexity index is 920. The number of hydrogen-bond donors (Lipinski definition) is 1. The van der Waals surface area contributed by atoms with Crippen LogP contribution in [-0.4, -0.2) is 26.9 Å². The molecule has 1 aliphatic rings. The van der Waals surface area contributed by atoms with Crippen LogP contribution in [0.2, 0.25) is 0 Å². The van der Waals surface area contributed by atoms with Gasteiger partial charge in [-0.1, -0.05) is 297 Å². The molecule has 67 heavy (non-hydrogen) atoms. The predicted octanol–water partition coefficient (Wildman–Crippen LogP) is 21.9. The van der Waals surface area contributed by atoms with Crippen LogP contribution >= 0.6 is 0 Å². The summed E-state index contributed by atoms with van der Waals surface area (Å²) in [7, 11) is 4.18. The Kier molecular flexibility index (Phi) is 72.3. The van der Waals surface area contributed by atoms with Crippen molar-refractivity contribution in [3.05, 3.63) is 37.0 Å². The van der Waals surface area contributed by atoms with Crippen LogP contribution in [-0.2, 0) is 4.79 Å². The average Bonchev–Trinajstić information content (AvgIpc) is 3.78. The third-order valence-electron chi connectivity index (χ3n) is 14.0. The summed E-state index contributed by atoms with van der Waals surface area (Å²) in [6.07, 6.45) is 67.1. The molecule has 0 radical (unpaired) electrons. The molecule has 402 valence electrons. The van der Waals surface area contributed by atoms with Gasteiger partial charge in [-0.15, -0.1) is 6.58 Å². The van der Waals surface area contributed by atoms with E-state index < -0.39 is 0 Å². The quantitative estimate of drug-likeness (QED) is 0.0367. The maximum absolute atomic E-state index is 9.78. The molecule has 0 aromatic carbocycles. The first-order chi connectivity index (χ1) is 32.7. The second-order valence-corrected chi connectivity index (χ2v) is 21.2. The van der Waals surface area contributed by atoms with Gasteiger partial charge in [0.05, 0.1) is 20.6 Å². The number of hydrogen-bond acceptors (Lipinski definition) is 1. The molecule has 1 rings (SSSR count). The van der Waals surface area contributed by atoms with Crippen LogP contribution in [0.3, 0.4) is 0 Å². The van der Waals surface area contributed by atoms with E-state index in [1.165, 1.54) is 287 Å². The second kappa shape index (κ2) is 66.9. The third-order valence-corrected chi connectivity index (χ3v) is 14.0. The van der Waals surface area contributed by atoms with Crippen molar-refractivity contribution in [3.8, 4) is 0 Å². The molecule has 0 bridgehead atoms. The van der Waals surface area contributed by atoms with Crippen LogP contribution < -0.4 is 4.90 Å². The largest absolute Gasteiger partial charge is 0.340 e. The Balaban J connectivity index is -0.000000415. The summed E-state index contributed by atoms with van der Waals surface area (Å²) in [6.45, 7) is 28.7. The van der Waals surface area contributed by atoms with Gasteiger partial charge in [-0.05, 0) is 76.0 Å². The van der Waals surface area contributed by atoms with Gasteiger partial charge in [0.15, 0.2) is 0 Å². The van der Waals surface area contributed by atoms with Gasteiger partial charge in [-0.3, -0.25) is 0 Å². The Hall–Kier alpha value is -1.15. The SMILES string of the molecule is C=C(CC)CCCCCCCCCCCCC.C=C(CCCCCCCCCCCCC)CC1CCC(CCCC)C1.C=CCCCCCCCCCCCCC.CC.C[NH+](C)CCCC=O. The van der Waals surface area contributed by atoms with E-state index in [0.29, 0.717) is 6.42 Å². The third kappa shape index (κ3) is 69.2. The Morgan fingerprint density at radius 1 is 0.448 bits per heavy atom. The summed E-state index contributed by atoms with van der Waals surface area (Å²) < 4.78 is 0. The van der Waals surface area contributed by atoms with E-state index in [1.54, 1.807) is 5.57 Å². The summed E-state index contributed by atoms with van der Waals surface area (Å²) in [5, 5.41) is 0. The molecule has 0 aromatic heterocycles. The molecule has 2 atom stereocenters. The van der Waals surface area contributed by atoms with Crippen LogP contribution in [0.5, 0.6) is 0 Å². The summed E-state index contributed by atoms with van der Waals surface area (Å²) in [6, 6.07) is 0. The highest BCUT2D eigenvalue weighted by Gasteiger charge is 2.24.